The van der Waals surface area contributed by atoms with Crippen molar-refractivity contribution >= 4 is 22.9 Å². The van der Waals surface area contributed by atoms with E-state index in [0.717, 1.165) is 33.2 Å². The first-order valence-electron chi connectivity index (χ1n) is 11.4. The first-order chi connectivity index (χ1) is 16.7. The number of benzene rings is 3. The number of hydrogen-bond acceptors (Lipinski definition) is 4. The van der Waals surface area contributed by atoms with Crippen LogP contribution in [-0.4, -0.2) is 33.1 Å². The van der Waals surface area contributed by atoms with Crippen LogP contribution in [0.2, 0.25) is 0 Å². The van der Waals surface area contributed by atoms with Gasteiger partial charge in [0.05, 0.1) is 11.7 Å². The molecule has 0 saturated carbocycles. The van der Waals surface area contributed by atoms with Crippen molar-refractivity contribution in [1.82, 2.24) is 20.4 Å². The van der Waals surface area contributed by atoms with Crippen LogP contribution < -0.4 is 5.32 Å². The van der Waals surface area contributed by atoms with E-state index < -0.39 is 12.1 Å². The van der Waals surface area contributed by atoms with E-state index in [4.69, 9.17) is 4.74 Å². The Morgan fingerprint density at radius 3 is 2.53 bits per heavy atom. The number of nitrogens with zero attached hydrogens (tertiary/aromatic N) is 2. The highest BCUT2D eigenvalue weighted by molar-refractivity contribution is 5.88. The molecule has 7 nitrogen and oxygen atoms in total. The van der Waals surface area contributed by atoms with Crippen molar-refractivity contribution in [3.05, 3.63) is 101 Å². The zero-order valence-electron chi connectivity index (χ0n) is 18.7. The van der Waals surface area contributed by atoms with E-state index in [1.54, 1.807) is 0 Å². The normalized spacial score (nSPS) is 15.9. The van der Waals surface area contributed by atoms with Crippen molar-refractivity contribution in [3.8, 4) is 0 Å². The molecule has 2 amide bonds. The average molecular weight is 455 g/mol. The number of aromatic nitrogens is 2. The number of fused-ring (bicyclic) bond motifs is 3. The Hall–Kier alpha value is -4.13. The number of H-pyrrole nitrogens is 1. The predicted octanol–water partition coefficient (Wildman–Crippen LogP) is 4.33. The van der Waals surface area contributed by atoms with Gasteiger partial charge in [-0.2, -0.15) is 5.10 Å². The maximum Gasteiger partial charge on any atom is 0.408 e. The molecular formula is C27H26N4O3. The van der Waals surface area contributed by atoms with Crippen molar-refractivity contribution in [3.63, 3.8) is 0 Å². The molecule has 5 rings (SSSR count). The highest BCUT2D eigenvalue weighted by atomic mass is 16.5. The van der Waals surface area contributed by atoms with Gasteiger partial charge in [0.1, 0.15) is 12.6 Å². The number of ether oxygens (including phenoxy) is 1. The summed E-state index contributed by atoms with van der Waals surface area (Å²) >= 11 is 0. The van der Waals surface area contributed by atoms with Crippen molar-refractivity contribution in [2.45, 2.75) is 38.6 Å². The summed E-state index contributed by atoms with van der Waals surface area (Å²) in [5.41, 5.74) is 5.13. The van der Waals surface area contributed by atoms with Crippen LogP contribution in [0.4, 0.5) is 4.79 Å². The third-order valence-corrected chi connectivity index (χ3v) is 6.21. The summed E-state index contributed by atoms with van der Waals surface area (Å²) in [5, 5.41) is 11.0. The van der Waals surface area contributed by atoms with E-state index in [1.165, 1.54) is 0 Å². The van der Waals surface area contributed by atoms with Gasteiger partial charge in [-0.1, -0.05) is 66.7 Å². The Bertz CT molecular complexity index is 1290. The number of alkyl carbamates (subject to hydrolysis) is 1. The molecule has 0 aliphatic carbocycles. The molecule has 1 aliphatic heterocycles. The number of nitrogens with one attached hydrogen (secondary N) is 2. The fourth-order valence-corrected chi connectivity index (χ4v) is 4.43. The molecule has 1 aromatic heterocycles. The van der Waals surface area contributed by atoms with E-state index >= 15 is 0 Å². The lowest BCUT2D eigenvalue weighted by Gasteiger charge is -2.31. The summed E-state index contributed by atoms with van der Waals surface area (Å²) in [6, 6.07) is 22.8. The number of carbonyl (C=O) groups is 2. The molecule has 3 aromatic carbocycles. The lowest BCUT2D eigenvalue weighted by molar-refractivity contribution is -0.135. The third kappa shape index (κ3) is 4.78. The largest absolute Gasteiger partial charge is 0.445 e. The molecule has 2 N–H and O–H groups in total. The number of aryl methyl sites for hydroxylation is 1. The van der Waals surface area contributed by atoms with Gasteiger partial charge in [0.15, 0.2) is 0 Å². The highest BCUT2D eigenvalue weighted by Crippen LogP contribution is 2.27. The summed E-state index contributed by atoms with van der Waals surface area (Å²) < 4.78 is 5.39. The van der Waals surface area contributed by atoms with Gasteiger partial charge in [-0.3, -0.25) is 9.89 Å². The third-order valence-electron chi connectivity index (χ3n) is 6.21. The number of rotatable bonds is 5. The highest BCUT2D eigenvalue weighted by Gasteiger charge is 2.30. The molecule has 0 saturated heterocycles. The molecule has 1 aliphatic rings. The molecule has 7 heteroatoms. The molecule has 0 bridgehead atoms. The minimum Gasteiger partial charge on any atom is -0.445 e. The van der Waals surface area contributed by atoms with Crippen LogP contribution in [0.1, 0.15) is 28.7 Å². The molecular weight excluding hydrogens is 428 g/mol. The van der Waals surface area contributed by atoms with Gasteiger partial charge < -0.3 is 15.0 Å². The van der Waals surface area contributed by atoms with Crippen LogP contribution in [0.15, 0.2) is 79.0 Å². The minimum absolute atomic E-state index is 0.119. The number of hydrogen-bond donors (Lipinski definition) is 2. The quantitative estimate of drug-likeness (QED) is 0.470. The molecule has 34 heavy (non-hydrogen) atoms. The minimum atomic E-state index is -0.666. The van der Waals surface area contributed by atoms with Crippen molar-refractivity contribution < 1.29 is 14.3 Å². The van der Waals surface area contributed by atoms with Gasteiger partial charge in [0, 0.05) is 18.5 Å². The lowest BCUT2D eigenvalue weighted by atomic mass is 9.94. The first-order valence-corrected chi connectivity index (χ1v) is 11.4. The first kappa shape index (κ1) is 21.7. The predicted molar refractivity (Wildman–Crippen MR) is 129 cm³/mol. The summed E-state index contributed by atoms with van der Waals surface area (Å²) in [4.78, 5) is 28.0. The SMILES string of the molecule is O=C(N[C@@H]1CCc2ccc3[nH]ncc3c2CN(Cc2ccccc2)C1=O)OCc1ccccc1. The Kier molecular flexibility index (Phi) is 6.25. The maximum absolute atomic E-state index is 13.6. The van der Waals surface area contributed by atoms with Gasteiger partial charge in [0.25, 0.3) is 0 Å². The monoisotopic (exact) mass is 454 g/mol. The Labute approximate surface area is 197 Å². The smallest absolute Gasteiger partial charge is 0.408 e. The van der Waals surface area contributed by atoms with E-state index in [9.17, 15) is 9.59 Å². The molecule has 0 unspecified atom stereocenters. The van der Waals surface area contributed by atoms with Gasteiger partial charge in [-0.05, 0) is 41.2 Å². The van der Waals surface area contributed by atoms with Crippen molar-refractivity contribution in [1.29, 1.82) is 0 Å². The number of amides is 2. The Balaban J connectivity index is 1.38. The molecule has 0 radical (unpaired) electrons. The second-order valence-corrected chi connectivity index (χ2v) is 8.51. The standard InChI is InChI=1S/C27H26N4O3/c32-26-25(29-27(33)34-18-20-9-5-2-6-10-20)14-12-21-11-13-24-22(15-28-30-24)23(21)17-31(26)16-19-7-3-1-4-8-19/h1-11,13,15,25H,12,14,16-18H2,(H,28,30)(H,29,33)/t25-/m1/s1. The van der Waals surface area contributed by atoms with E-state index in [-0.39, 0.29) is 12.5 Å². The maximum atomic E-state index is 13.6. The summed E-state index contributed by atoms with van der Waals surface area (Å²) in [6.45, 7) is 1.05. The molecule has 172 valence electrons. The van der Waals surface area contributed by atoms with Crippen LogP contribution in [0.5, 0.6) is 0 Å². The van der Waals surface area contributed by atoms with E-state index in [1.807, 2.05) is 77.8 Å². The van der Waals surface area contributed by atoms with Gasteiger partial charge in [-0.25, -0.2) is 4.79 Å². The van der Waals surface area contributed by atoms with Crippen molar-refractivity contribution in [2.75, 3.05) is 0 Å². The molecule has 0 fully saturated rings. The van der Waals surface area contributed by atoms with Crippen LogP contribution in [0.25, 0.3) is 10.9 Å². The fourth-order valence-electron chi connectivity index (χ4n) is 4.43. The van der Waals surface area contributed by atoms with Crippen LogP contribution >= 0.6 is 0 Å². The molecule has 4 aromatic rings. The van der Waals surface area contributed by atoms with Gasteiger partial charge in [0.2, 0.25) is 5.91 Å². The zero-order valence-corrected chi connectivity index (χ0v) is 18.7. The number of aromatic amines is 1. The second kappa shape index (κ2) is 9.79. The lowest BCUT2D eigenvalue weighted by Crippen LogP contribution is -2.49. The molecule has 2 heterocycles. The van der Waals surface area contributed by atoms with Crippen LogP contribution in [0, 0.1) is 0 Å². The summed E-state index contributed by atoms with van der Waals surface area (Å²) in [5.74, 6) is -0.119. The Morgan fingerprint density at radius 1 is 1.03 bits per heavy atom. The molecule has 0 spiro atoms. The second-order valence-electron chi connectivity index (χ2n) is 8.51. The van der Waals surface area contributed by atoms with Crippen LogP contribution in [0.3, 0.4) is 0 Å². The van der Waals surface area contributed by atoms with Gasteiger partial charge in [-0.15, -0.1) is 0 Å². The van der Waals surface area contributed by atoms with E-state index in [2.05, 4.69) is 21.6 Å². The van der Waals surface area contributed by atoms with Crippen molar-refractivity contribution in [2.24, 2.45) is 0 Å². The Morgan fingerprint density at radius 2 is 1.76 bits per heavy atom. The zero-order chi connectivity index (χ0) is 23.3. The van der Waals surface area contributed by atoms with Gasteiger partial charge >= 0.3 is 6.09 Å². The molecule has 1 atom stereocenters. The topological polar surface area (TPSA) is 87.3 Å². The average Bonchev–Trinajstić information content (AvgIpc) is 3.35. The summed E-state index contributed by atoms with van der Waals surface area (Å²) in [7, 11) is 0. The van der Waals surface area contributed by atoms with Crippen LogP contribution in [-0.2, 0) is 35.6 Å². The summed E-state index contributed by atoms with van der Waals surface area (Å²) in [6.07, 6.45) is 2.39. The van der Waals surface area contributed by atoms with E-state index in [0.29, 0.717) is 25.9 Å². The number of carbonyl (C=O) groups excluding carboxylic acids is 2. The fraction of sp³-hybridized carbons (Fsp3) is 0.222.